The first-order chi connectivity index (χ1) is 8.84. The van der Waals surface area contributed by atoms with Crippen molar-refractivity contribution >= 4 is 11.8 Å². The number of thioether (sulfide) groups is 1. The molecule has 3 rings (SSSR count). The van der Waals surface area contributed by atoms with Gasteiger partial charge in [-0.25, -0.2) is 4.39 Å². The van der Waals surface area contributed by atoms with Crippen molar-refractivity contribution in [3.8, 4) is 0 Å². The SMILES string of the molecule is Fc1cccc2c1SCCC2NC1CCOCC1. The summed E-state index contributed by atoms with van der Waals surface area (Å²) < 4.78 is 19.1. The van der Waals surface area contributed by atoms with Crippen molar-refractivity contribution in [2.45, 2.75) is 36.2 Å². The summed E-state index contributed by atoms with van der Waals surface area (Å²) in [6.45, 7) is 1.68. The summed E-state index contributed by atoms with van der Waals surface area (Å²) in [5, 5.41) is 3.68. The van der Waals surface area contributed by atoms with Crippen LogP contribution in [0, 0.1) is 5.82 Å². The van der Waals surface area contributed by atoms with Crippen LogP contribution in [0.3, 0.4) is 0 Å². The largest absolute Gasteiger partial charge is 0.381 e. The molecule has 1 aromatic rings. The molecule has 2 heterocycles. The molecule has 4 heteroatoms. The van der Waals surface area contributed by atoms with Gasteiger partial charge in [-0.1, -0.05) is 12.1 Å². The van der Waals surface area contributed by atoms with Crippen LogP contribution in [0.5, 0.6) is 0 Å². The molecule has 0 radical (unpaired) electrons. The smallest absolute Gasteiger partial charge is 0.137 e. The predicted octanol–water partition coefficient (Wildman–Crippen LogP) is 3.13. The molecule has 18 heavy (non-hydrogen) atoms. The van der Waals surface area contributed by atoms with Crippen molar-refractivity contribution in [1.29, 1.82) is 0 Å². The second-order valence-electron chi connectivity index (χ2n) is 4.90. The van der Waals surface area contributed by atoms with E-state index in [9.17, 15) is 4.39 Å². The minimum atomic E-state index is -0.0732. The molecule has 0 spiro atoms. The molecule has 98 valence electrons. The Morgan fingerprint density at radius 3 is 2.89 bits per heavy atom. The van der Waals surface area contributed by atoms with Crippen LogP contribution in [-0.4, -0.2) is 25.0 Å². The molecule has 1 N–H and O–H groups in total. The van der Waals surface area contributed by atoms with Crippen molar-refractivity contribution in [2.24, 2.45) is 0 Å². The first kappa shape index (κ1) is 12.5. The number of ether oxygens (including phenoxy) is 1. The third kappa shape index (κ3) is 2.56. The van der Waals surface area contributed by atoms with E-state index in [1.54, 1.807) is 17.8 Å². The zero-order valence-corrected chi connectivity index (χ0v) is 11.1. The molecule has 0 aromatic heterocycles. The molecule has 1 saturated heterocycles. The summed E-state index contributed by atoms with van der Waals surface area (Å²) in [7, 11) is 0. The van der Waals surface area contributed by atoms with Gasteiger partial charge in [0.2, 0.25) is 0 Å². The number of nitrogens with one attached hydrogen (secondary N) is 1. The summed E-state index contributed by atoms with van der Waals surface area (Å²) >= 11 is 1.64. The van der Waals surface area contributed by atoms with E-state index in [2.05, 4.69) is 11.4 Å². The maximum Gasteiger partial charge on any atom is 0.137 e. The van der Waals surface area contributed by atoms with Gasteiger partial charge in [-0.3, -0.25) is 0 Å². The first-order valence-corrected chi connectivity index (χ1v) is 7.58. The normalized spacial score (nSPS) is 24.8. The van der Waals surface area contributed by atoms with E-state index < -0.39 is 0 Å². The van der Waals surface area contributed by atoms with Gasteiger partial charge in [0.25, 0.3) is 0 Å². The Morgan fingerprint density at radius 2 is 2.06 bits per heavy atom. The van der Waals surface area contributed by atoms with Gasteiger partial charge in [-0.05, 0) is 36.6 Å². The number of rotatable bonds is 2. The van der Waals surface area contributed by atoms with Crippen LogP contribution < -0.4 is 5.32 Å². The Morgan fingerprint density at radius 1 is 1.22 bits per heavy atom. The van der Waals surface area contributed by atoms with E-state index in [1.165, 1.54) is 0 Å². The lowest BCUT2D eigenvalue weighted by Crippen LogP contribution is -2.38. The first-order valence-electron chi connectivity index (χ1n) is 6.59. The van der Waals surface area contributed by atoms with Gasteiger partial charge in [0.1, 0.15) is 5.82 Å². The summed E-state index contributed by atoms with van der Waals surface area (Å²) in [6.07, 6.45) is 3.21. The third-order valence-electron chi connectivity index (χ3n) is 3.68. The fraction of sp³-hybridized carbons (Fsp3) is 0.571. The van der Waals surface area contributed by atoms with Crippen LogP contribution in [0.4, 0.5) is 4.39 Å². The molecule has 1 fully saturated rings. The lowest BCUT2D eigenvalue weighted by Gasteiger charge is -2.32. The second-order valence-corrected chi connectivity index (χ2v) is 6.01. The summed E-state index contributed by atoms with van der Waals surface area (Å²) in [5.41, 5.74) is 1.14. The topological polar surface area (TPSA) is 21.3 Å². The van der Waals surface area contributed by atoms with Crippen molar-refractivity contribution in [3.63, 3.8) is 0 Å². The molecule has 2 aliphatic rings. The fourth-order valence-corrected chi connectivity index (χ4v) is 3.85. The van der Waals surface area contributed by atoms with E-state index in [4.69, 9.17) is 4.74 Å². The van der Waals surface area contributed by atoms with Gasteiger partial charge in [0, 0.05) is 30.2 Å². The number of hydrogen-bond donors (Lipinski definition) is 1. The summed E-state index contributed by atoms with van der Waals surface area (Å²) in [5.74, 6) is 0.922. The maximum atomic E-state index is 13.8. The minimum absolute atomic E-state index is 0.0732. The number of benzene rings is 1. The van der Waals surface area contributed by atoms with E-state index in [0.717, 1.165) is 48.7 Å². The molecule has 2 aliphatic heterocycles. The van der Waals surface area contributed by atoms with Crippen LogP contribution >= 0.6 is 11.8 Å². The predicted molar refractivity (Wildman–Crippen MR) is 71.5 cm³/mol. The Labute approximate surface area is 111 Å². The Bertz CT molecular complexity index is 420. The average Bonchev–Trinajstić information content (AvgIpc) is 2.41. The van der Waals surface area contributed by atoms with Crippen LogP contribution in [0.25, 0.3) is 0 Å². The quantitative estimate of drug-likeness (QED) is 0.889. The lowest BCUT2D eigenvalue weighted by molar-refractivity contribution is 0.0745. The van der Waals surface area contributed by atoms with Crippen molar-refractivity contribution in [2.75, 3.05) is 19.0 Å². The molecular weight excluding hydrogens is 249 g/mol. The lowest BCUT2D eigenvalue weighted by atomic mass is 10.0. The van der Waals surface area contributed by atoms with Crippen LogP contribution in [-0.2, 0) is 4.74 Å². The molecule has 0 amide bonds. The molecule has 1 atom stereocenters. The highest BCUT2D eigenvalue weighted by atomic mass is 32.2. The molecular formula is C14H18FNOS. The number of hydrogen-bond acceptors (Lipinski definition) is 3. The van der Waals surface area contributed by atoms with E-state index in [0.29, 0.717) is 12.1 Å². The molecule has 0 aliphatic carbocycles. The molecule has 2 nitrogen and oxygen atoms in total. The highest BCUT2D eigenvalue weighted by Crippen LogP contribution is 2.38. The van der Waals surface area contributed by atoms with Crippen LogP contribution in [0.1, 0.15) is 30.9 Å². The summed E-state index contributed by atoms with van der Waals surface area (Å²) in [4.78, 5) is 0.841. The molecule has 0 saturated carbocycles. The van der Waals surface area contributed by atoms with Crippen LogP contribution in [0.2, 0.25) is 0 Å². The fourth-order valence-electron chi connectivity index (χ4n) is 2.71. The van der Waals surface area contributed by atoms with Gasteiger partial charge in [0.05, 0.1) is 0 Å². The van der Waals surface area contributed by atoms with Crippen molar-refractivity contribution < 1.29 is 9.13 Å². The average molecular weight is 267 g/mol. The molecule has 0 bridgehead atoms. The number of halogens is 1. The van der Waals surface area contributed by atoms with Gasteiger partial charge >= 0.3 is 0 Å². The standard InChI is InChI=1S/C14H18FNOS/c15-12-3-1-2-11-13(6-9-18-14(11)12)16-10-4-7-17-8-5-10/h1-3,10,13,16H,4-9H2. The summed E-state index contributed by atoms with van der Waals surface area (Å²) in [6, 6.07) is 6.26. The molecule has 1 aromatic carbocycles. The number of fused-ring (bicyclic) bond motifs is 1. The van der Waals surface area contributed by atoms with Gasteiger partial charge in [-0.15, -0.1) is 11.8 Å². The van der Waals surface area contributed by atoms with Gasteiger partial charge in [-0.2, -0.15) is 0 Å². The van der Waals surface area contributed by atoms with Crippen molar-refractivity contribution in [1.82, 2.24) is 5.32 Å². The second kappa shape index (κ2) is 5.59. The maximum absolute atomic E-state index is 13.8. The van der Waals surface area contributed by atoms with Crippen LogP contribution in [0.15, 0.2) is 23.1 Å². The van der Waals surface area contributed by atoms with E-state index >= 15 is 0 Å². The Hall–Kier alpha value is -0.580. The Balaban J connectivity index is 1.76. The van der Waals surface area contributed by atoms with Crippen molar-refractivity contribution in [3.05, 3.63) is 29.6 Å². The zero-order chi connectivity index (χ0) is 12.4. The van der Waals surface area contributed by atoms with Gasteiger partial charge < -0.3 is 10.1 Å². The van der Waals surface area contributed by atoms with Gasteiger partial charge in [0.15, 0.2) is 0 Å². The van der Waals surface area contributed by atoms with E-state index in [1.807, 2.05) is 6.07 Å². The third-order valence-corrected chi connectivity index (χ3v) is 4.84. The van der Waals surface area contributed by atoms with E-state index in [-0.39, 0.29) is 5.82 Å². The Kier molecular flexibility index (Phi) is 3.87. The monoisotopic (exact) mass is 267 g/mol. The molecule has 1 unspecified atom stereocenters. The zero-order valence-electron chi connectivity index (χ0n) is 10.3. The highest BCUT2D eigenvalue weighted by Gasteiger charge is 2.25. The highest BCUT2D eigenvalue weighted by molar-refractivity contribution is 7.99. The minimum Gasteiger partial charge on any atom is -0.381 e.